The molecule has 0 heterocycles. The molecule has 7 nitrogen and oxygen atoms in total. The number of nitrogens with zero attached hydrogens (tertiary/aromatic N) is 2. The molecular weight excluding hydrogens is 346 g/mol. The van der Waals surface area contributed by atoms with Gasteiger partial charge in [0, 0.05) is 18.3 Å². The van der Waals surface area contributed by atoms with E-state index in [-0.39, 0.29) is 23.7 Å². The summed E-state index contributed by atoms with van der Waals surface area (Å²) in [7, 11) is 1.45. The Labute approximate surface area is 158 Å². The van der Waals surface area contributed by atoms with Crippen molar-refractivity contribution in [2.24, 2.45) is 0 Å². The van der Waals surface area contributed by atoms with Crippen LogP contribution in [0, 0.1) is 37.8 Å². The van der Waals surface area contributed by atoms with Gasteiger partial charge >= 0.3 is 0 Å². The Morgan fingerprint density at radius 1 is 1.07 bits per heavy atom. The summed E-state index contributed by atoms with van der Waals surface area (Å²) in [5.41, 5.74) is 3.82. The standard InChI is InChI=1S/C20H23N3O4/c1-12-9-14(3)18(15(4)10-12)21-17(24)11-22(5)20(25)16-8-6-7-13(2)19(16)23(26)27/h6-10H,11H2,1-5H3,(H,21,24). The summed E-state index contributed by atoms with van der Waals surface area (Å²) in [6, 6.07) is 8.49. The highest BCUT2D eigenvalue weighted by atomic mass is 16.6. The SMILES string of the molecule is Cc1cc(C)c(NC(=O)CN(C)C(=O)c2cccc(C)c2[N+](=O)[O-])c(C)c1. The summed E-state index contributed by atoms with van der Waals surface area (Å²) in [5, 5.41) is 14.1. The molecule has 0 bridgehead atoms. The number of para-hydroxylation sites is 1. The highest BCUT2D eigenvalue weighted by Crippen LogP contribution is 2.24. The molecule has 2 rings (SSSR count). The first-order valence-electron chi connectivity index (χ1n) is 8.49. The van der Waals surface area contributed by atoms with E-state index in [0.717, 1.165) is 16.7 Å². The van der Waals surface area contributed by atoms with Crippen LogP contribution in [0.4, 0.5) is 11.4 Å². The second-order valence-corrected chi connectivity index (χ2v) is 6.71. The number of carbonyl (C=O) groups excluding carboxylic acids is 2. The van der Waals surface area contributed by atoms with Gasteiger partial charge in [-0.05, 0) is 44.9 Å². The minimum absolute atomic E-state index is 0.0296. The summed E-state index contributed by atoms with van der Waals surface area (Å²) in [5.74, 6) is -0.936. The van der Waals surface area contributed by atoms with Crippen molar-refractivity contribution in [3.63, 3.8) is 0 Å². The van der Waals surface area contributed by atoms with Crippen LogP contribution >= 0.6 is 0 Å². The summed E-state index contributed by atoms with van der Waals surface area (Å²) in [4.78, 5) is 36.9. The fourth-order valence-electron chi connectivity index (χ4n) is 3.12. The topological polar surface area (TPSA) is 92.6 Å². The van der Waals surface area contributed by atoms with Gasteiger partial charge in [-0.2, -0.15) is 0 Å². The van der Waals surface area contributed by atoms with E-state index in [0.29, 0.717) is 11.3 Å². The Morgan fingerprint density at radius 3 is 2.22 bits per heavy atom. The van der Waals surface area contributed by atoms with Crippen molar-refractivity contribution in [2.45, 2.75) is 27.7 Å². The average molecular weight is 369 g/mol. The molecule has 0 aliphatic heterocycles. The molecule has 1 N–H and O–H groups in total. The predicted molar refractivity (Wildman–Crippen MR) is 104 cm³/mol. The van der Waals surface area contributed by atoms with Crippen LogP contribution in [0.2, 0.25) is 0 Å². The van der Waals surface area contributed by atoms with E-state index in [1.54, 1.807) is 19.1 Å². The molecule has 0 fully saturated rings. The van der Waals surface area contributed by atoms with E-state index in [4.69, 9.17) is 0 Å². The van der Waals surface area contributed by atoms with Gasteiger partial charge < -0.3 is 10.2 Å². The Balaban J connectivity index is 2.17. The Morgan fingerprint density at radius 2 is 1.67 bits per heavy atom. The second kappa shape index (κ2) is 7.99. The molecule has 0 radical (unpaired) electrons. The lowest BCUT2D eigenvalue weighted by Crippen LogP contribution is -2.35. The predicted octanol–water partition coefficient (Wildman–Crippen LogP) is 3.54. The lowest BCUT2D eigenvalue weighted by atomic mass is 10.1. The Kier molecular flexibility index (Phi) is 5.95. The third-order valence-corrected chi connectivity index (χ3v) is 4.32. The monoisotopic (exact) mass is 369 g/mol. The van der Waals surface area contributed by atoms with Crippen molar-refractivity contribution in [2.75, 3.05) is 18.9 Å². The number of rotatable bonds is 5. The van der Waals surface area contributed by atoms with Crippen LogP contribution in [0.15, 0.2) is 30.3 Å². The maximum absolute atomic E-state index is 12.6. The van der Waals surface area contributed by atoms with Crippen molar-refractivity contribution >= 4 is 23.2 Å². The zero-order valence-corrected chi connectivity index (χ0v) is 16.1. The first-order valence-corrected chi connectivity index (χ1v) is 8.49. The van der Waals surface area contributed by atoms with Crippen LogP contribution < -0.4 is 5.32 Å². The maximum Gasteiger partial charge on any atom is 0.285 e. The van der Waals surface area contributed by atoms with Crippen LogP contribution in [0.25, 0.3) is 0 Å². The maximum atomic E-state index is 12.6. The molecule has 0 unspecified atom stereocenters. The number of aryl methyl sites for hydroxylation is 4. The number of nitro benzene ring substituents is 1. The zero-order chi connectivity index (χ0) is 20.3. The first-order chi connectivity index (χ1) is 12.6. The summed E-state index contributed by atoms with van der Waals surface area (Å²) in [6.07, 6.45) is 0. The van der Waals surface area contributed by atoms with Crippen molar-refractivity contribution < 1.29 is 14.5 Å². The molecule has 2 aromatic carbocycles. The van der Waals surface area contributed by atoms with Crippen LogP contribution in [-0.2, 0) is 4.79 Å². The summed E-state index contributed by atoms with van der Waals surface area (Å²) in [6.45, 7) is 7.15. The van der Waals surface area contributed by atoms with E-state index >= 15 is 0 Å². The van der Waals surface area contributed by atoms with Gasteiger partial charge in [0.15, 0.2) is 0 Å². The highest BCUT2D eigenvalue weighted by molar-refractivity contribution is 6.02. The first kappa shape index (κ1) is 20.1. The molecule has 2 amide bonds. The van der Waals surface area contributed by atoms with E-state index in [1.807, 2.05) is 32.9 Å². The zero-order valence-electron chi connectivity index (χ0n) is 16.1. The Hall–Kier alpha value is -3.22. The molecule has 7 heteroatoms. The van der Waals surface area contributed by atoms with Gasteiger partial charge in [-0.3, -0.25) is 19.7 Å². The molecule has 0 aliphatic carbocycles. The van der Waals surface area contributed by atoms with E-state index in [2.05, 4.69) is 5.32 Å². The van der Waals surface area contributed by atoms with E-state index < -0.39 is 10.8 Å². The third-order valence-electron chi connectivity index (χ3n) is 4.32. The normalized spacial score (nSPS) is 10.4. The van der Waals surface area contributed by atoms with E-state index in [9.17, 15) is 19.7 Å². The van der Waals surface area contributed by atoms with Crippen molar-refractivity contribution in [1.29, 1.82) is 0 Å². The number of hydrogen-bond acceptors (Lipinski definition) is 4. The molecule has 0 atom stereocenters. The van der Waals surface area contributed by atoms with Crippen molar-refractivity contribution in [1.82, 2.24) is 4.90 Å². The van der Waals surface area contributed by atoms with Gasteiger partial charge in [0.25, 0.3) is 11.6 Å². The third kappa shape index (κ3) is 4.49. The number of anilines is 1. The van der Waals surface area contributed by atoms with Crippen LogP contribution in [-0.4, -0.2) is 35.2 Å². The highest BCUT2D eigenvalue weighted by Gasteiger charge is 2.25. The quantitative estimate of drug-likeness (QED) is 0.644. The number of nitro groups is 1. The van der Waals surface area contributed by atoms with Crippen LogP contribution in [0.3, 0.4) is 0 Å². The van der Waals surface area contributed by atoms with Gasteiger partial charge in [-0.15, -0.1) is 0 Å². The van der Waals surface area contributed by atoms with E-state index in [1.165, 1.54) is 18.0 Å². The molecule has 0 saturated heterocycles. The molecule has 0 aliphatic rings. The molecule has 0 aromatic heterocycles. The number of amides is 2. The molecule has 142 valence electrons. The number of hydrogen-bond donors (Lipinski definition) is 1. The molecular formula is C20H23N3O4. The molecule has 0 saturated carbocycles. The van der Waals surface area contributed by atoms with Gasteiger partial charge in [-0.25, -0.2) is 0 Å². The number of likely N-dealkylation sites (N-methyl/N-ethyl adjacent to an activating group) is 1. The lowest BCUT2D eigenvalue weighted by Gasteiger charge is -2.19. The van der Waals surface area contributed by atoms with Crippen LogP contribution in [0.1, 0.15) is 32.6 Å². The summed E-state index contributed by atoms with van der Waals surface area (Å²) >= 11 is 0. The molecule has 2 aromatic rings. The number of carbonyl (C=O) groups is 2. The van der Waals surface area contributed by atoms with Crippen molar-refractivity contribution in [3.8, 4) is 0 Å². The fraction of sp³-hybridized carbons (Fsp3) is 0.300. The minimum Gasteiger partial charge on any atom is -0.332 e. The van der Waals surface area contributed by atoms with Gasteiger partial charge in [0.1, 0.15) is 5.56 Å². The van der Waals surface area contributed by atoms with Gasteiger partial charge in [0.2, 0.25) is 5.91 Å². The second-order valence-electron chi connectivity index (χ2n) is 6.71. The minimum atomic E-state index is -0.574. The lowest BCUT2D eigenvalue weighted by molar-refractivity contribution is -0.385. The van der Waals surface area contributed by atoms with Crippen LogP contribution in [0.5, 0.6) is 0 Å². The molecule has 0 spiro atoms. The average Bonchev–Trinajstić information content (AvgIpc) is 2.56. The smallest absolute Gasteiger partial charge is 0.285 e. The number of benzene rings is 2. The number of nitrogens with one attached hydrogen (secondary N) is 1. The summed E-state index contributed by atoms with van der Waals surface area (Å²) < 4.78 is 0. The van der Waals surface area contributed by atoms with Gasteiger partial charge in [-0.1, -0.05) is 29.8 Å². The fourth-order valence-corrected chi connectivity index (χ4v) is 3.12. The largest absolute Gasteiger partial charge is 0.332 e. The van der Waals surface area contributed by atoms with Gasteiger partial charge in [0.05, 0.1) is 11.5 Å². The molecule has 27 heavy (non-hydrogen) atoms. The van der Waals surface area contributed by atoms with Crippen molar-refractivity contribution in [3.05, 3.63) is 68.3 Å². The Bertz CT molecular complexity index is 898.